The highest BCUT2D eigenvalue weighted by Crippen LogP contribution is 2.33. The Morgan fingerprint density at radius 1 is 1.03 bits per heavy atom. The van der Waals surface area contributed by atoms with Crippen LogP contribution in [0.3, 0.4) is 0 Å². The SMILES string of the molecule is Cc1ccc2[nH]c(C(=O)NN=Cc3cc(Br)ccc3OC(=O)c3ccco3)c(-c3ccccc3)c2c1. The molecule has 7 nitrogen and oxygen atoms in total. The number of carbonyl (C=O) groups excluding carboxylic acids is 2. The zero-order chi connectivity index (χ0) is 25.1. The molecule has 0 fully saturated rings. The van der Waals surface area contributed by atoms with E-state index in [1.807, 2.05) is 49.4 Å². The fourth-order valence-electron chi connectivity index (χ4n) is 3.86. The number of halogens is 1. The summed E-state index contributed by atoms with van der Waals surface area (Å²) in [5.74, 6) is -0.690. The summed E-state index contributed by atoms with van der Waals surface area (Å²) in [5, 5.41) is 5.09. The summed E-state index contributed by atoms with van der Waals surface area (Å²) < 4.78 is 11.3. The van der Waals surface area contributed by atoms with Gasteiger partial charge in [-0.05, 0) is 55.0 Å². The van der Waals surface area contributed by atoms with Gasteiger partial charge < -0.3 is 14.1 Å². The van der Waals surface area contributed by atoms with Gasteiger partial charge in [-0.3, -0.25) is 4.79 Å². The van der Waals surface area contributed by atoms with Gasteiger partial charge in [0.2, 0.25) is 5.76 Å². The number of hydrogen-bond donors (Lipinski definition) is 2. The zero-order valence-corrected chi connectivity index (χ0v) is 20.7. The van der Waals surface area contributed by atoms with Crippen LogP contribution in [0.4, 0.5) is 0 Å². The number of rotatable bonds is 6. The van der Waals surface area contributed by atoms with E-state index in [4.69, 9.17) is 9.15 Å². The van der Waals surface area contributed by atoms with Crippen molar-refractivity contribution in [1.82, 2.24) is 10.4 Å². The summed E-state index contributed by atoms with van der Waals surface area (Å²) in [4.78, 5) is 28.7. The van der Waals surface area contributed by atoms with Gasteiger partial charge in [-0.25, -0.2) is 10.2 Å². The molecule has 0 saturated carbocycles. The van der Waals surface area contributed by atoms with Crippen molar-refractivity contribution in [3.8, 4) is 16.9 Å². The average molecular weight is 542 g/mol. The number of fused-ring (bicyclic) bond motifs is 1. The lowest BCUT2D eigenvalue weighted by Gasteiger charge is -2.07. The molecule has 0 aliphatic carbocycles. The number of amides is 1. The Labute approximate surface area is 214 Å². The van der Waals surface area contributed by atoms with Gasteiger partial charge >= 0.3 is 5.97 Å². The highest BCUT2D eigenvalue weighted by atomic mass is 79.9. The summed E-state index contributed by atoms with van der Waals surface area (Å²) >= 11 is 3.41. The number of aryl methyl sites for hydroxylation is 1. The van der Waals surface area contributed by atoms with Crippen molar-refractivity contribution in [2.24, 2.45) is 5.10 Å². The Morgan fingerprint density at radius 2 is 1.86 bits per heavy atom. The fraction of sp³-hybridized carbons (Fsp3) is 0.0357. The third-order valence-corrected chi connectivity index (χ3v) is 6.00. The summed E-state index contributed by atoms with van der Waals surface area (Å²) in [6.45, 7) is 2.01. The number of esters is 1. The molecule has 5 rings (SSSR count). The van der Waals surface area contributed by atoms with E-state index in [-0.39, 0.29) is 11.5 Å². The Hall–Kier alpha value is -4.43. The first-order valence-electron chi connectivity index (χ1n) is 11.1. The average Bonchev–Trinajstić information content (AvgIpc) is 3.54. The van der Waals surface area contributed by atoms with Gasteiger partial charge in [0, 0.05) is 26.5 Å². The maximum atomic E-state index is 13.2. The Bertz CT molecular complexity index is 1590. The Morgan fingerprint density at radius 3 is 2.64 bits per heavy atom. The molecule has 1 amide bonds. The molecule has 0 unspecified atom stereocenters. The normalized spacial score (nSPS) is 11.2. The van der Waals surface area contributed by atoms with E-state index in [9.17, 15) is 9.59 Å². The Kier molecular flexibility index (Phi) is 6.51. The van der Waals surface area contributed by atoms with Crippen molar-refractivity contribution < 1.29 is 18.7 Å². The van der Waals surface area contributed by atoms with E-state index in [2.05, 4.69) is 37.5 Å². The number of benzene rings is 3. The van der Waals surface area contributed by atoms with Crippen LogP contribution in [0.2, 0.25) is 0 Å². The predicted octanol–water partition coefficient (Wildman–Crippen LogP) is 6.48. The highest BCUT2D eigenvalue weighted by Gasteiger charge is 2.19. The molecule has 0 atom stereocenters. The van der Waals surface area contributed by atoms with Crippen molar-refractivity contribution in [2.45, 2.75) is 6.92 Å². The van der Waals surface area contributed by atoms with Crippen LogP contribution in [0.1, 0.15) is 32.2 Å². The number of nitrogens with zero attached hydrogens (tertiary/aromatic N) is 1. The van der Waals surface area contributed by atoms with Gasteiger partial charge in [0.15, 0.2) is 0 Å². The number of furan rings is 1. The molecule has 0 radical (unpaired) electrons. The number of nitrogens with one attached hydrogen (secondary N) is 2. The summed E-state index contributed by atoms with van der Waals surface area (Å²) in [7, 11) is 0. The number of carbonyl (C=O) groups is 2. The first-order chi connectivity index (χ1) is 17.5. The van der Waals surface area contributed by atoms with Crippen LogP contribution in [0.5, 0.6) is 5.75 Å². The quantitative estimate of drug-likeness (QED) is 0.111. The lowest BCUT2D eigenvalue weighted by molar-refractivity contribution is 0.0700. The lowest BCUT2D eigenvalue weighted by Crippen LogP contribution is -2.19. The minimum Gasteiger partial charge on any atom is -0.457 e. The van der Waals surface area contributed by atoms with Crippen LogP contribution in [0, 0.1) is 6.92 Å². The molecule has 0 bridgehead atoms. The molecule has 5 aromatic rings. The van der Waals surface area contributed by atoms with Gasteiger partial charge in [0.25, 0.3) is 5.91 Å². The summed E-state index contributed by atoms with van der Waals surface area (Å²) in [6, 6.07) is 23.9. The van der Waals surface area contributed by atoms with Crippen LogP contribution in [0.25, 0.3) is 22.0 Å². The number of hydrazone groups is 1. The van der Waals surface area contributed by atoms with E-state index < -0.39 is 11.9 Å². The summed E-state index contributed by atoms with van der Waals surface area (Å²) in [6.07, 6.45) is 2.81. The minimum absolute atomic E-state index is 0.0802. The molecular formula is C28H20BrN3O4. The second kappa shape index (κ2) is 10.1. The molecule has 36 heavy (non-hydrogen) atoms. The smallest absolute Gasteiger partial charge is 0.379 e. The number of aromatic amines is 1. The van der Waals surface area contributed by atoms with E-state index >= 15 is 0 Å². The molecule has 2 aromatic heterocycles. The van der Waals surface area contributed by atoms with Crippen LogP contribution in [-0.2, 0) is 0 Å². The second-order valence-corrected chi connectivity index (χ2v) is 8.95. The van der Waals surface area contributed by atoms with Gasteiger partial charge in [0.1, 0.15) is 11.4 Å². The van der Waals surface area contributed by atoms with E-state index in [0.29, 0.717) is 11.3 Å². The molecule has 8 heteroatoms. The van der Waals surface area contributed by atoms with Crippen molar-refractivity contribution in [3.05, 3.63) is 112 Å². The first-order valence-corrected chi connectivity index (χ1v) is 11.9. The van der Waals surface area contributed by atoms with Crippen LogP contribution >= 0.6 is 15.9 Å². The van der Waals surface area contributed by atoms with E-state index in [1.54, 1.807) is 24.3 Å². The van der Waals surface area contributed by atoms with Crippen LogP contribution in [-0.4, -0.2) is 23.1 Å². The van der Waals surface area contributed by atoms with Crippen molar-refractivity contribution in [3.63, 3.8) is 0 Å². The maximum Gasteiger partial charge on any atom is 0.379 e. The number of hydrogen-bond acceptors (Lipinski definition) is 5. The van der Waals surface area contributed by atoms with E-state index in [0.717, 1.165) is 32.1 Å². The third kappa shape index (κ3) is 4.85. The standard InChI is InChI=1S/C28H20BrN3O4/c1-17-9-11-22-21(14-17)25(18-6-3-2-4-7-18)26(31-22)27(33)32-30-16-19-15-20(29)10-12-23(19)36-28(34)24-8-5-13-35-24/h2-16,31H,1H3,(H,32,33). The van der Waals surface area contributed by atoms with Gasteiger partial charge in [-0.15, -0.1) is 0 Å². The molecular weight excluding hydrogens is 522 g/mol. The molecule has 3 aromatic carbocycles. The second-order valence-electron chi connectivity index (χ2n) is 8.04. The molecule has 2 N–H and O–H groups in total. The van der Waals surface area contributed by atoms with Crippen molar-refractivity contribution in [1.29, 1.82) is 0 Å². The number of H-pyrrole nitrogens is 1. The Balaban J connectivity index is 1.42. The zero-order valence-electron chi connectivity index (χ0n) is 19.1. The monoisotopic (exact) mass is 541 g/mol. The minimum atomic E-state index is -0.637. The van der Waals surface area contributed by atoms with E-state index in [1.165, 1.54) is 18.5 Å². The van der Waals surface area contributed by atoms with Gasteiger partial charge in [0.05, 0.1) is 12.5 Å². The molecule has 0 aliphatic heterocycles. The maximum absolute atomic E-state index is 13.2. The van der Waals surface area contributed by atoms with Crippen LogP contribution in [0.15, 0.2) is 99.1 Å². The number of aromatic nitrogens is 1. The van der Waals surface area contributed by atoms with Gasteiger partial charge in [-0.1, -0.05) is 57.9 Å². The number of ether oxygens (including phenoxy) is 1. The lowest BCUT2D eigenvalue weighted by atomic mass is 10.0. The third-order valence-electron chi connectivity index (χ3n) is 5.51. The molecule has 2 heterocycles. The molecule has 0 aliphatic rings. The molecule has 178 valence electrons. The van der Waals surface area contributed by atoms with Gasteiger partial charge in [-0.2, -0.15) is 5.10 Å². The topological polar surface area (TPSA) is 96.7 Å². The first kappa shape index (κ1) is 23.3. The highest BCUT2D eigenvalue weighted by molar-refractivity contribution is 9.10. The van der Waals surface area contributed by atoms with Crippen molar-refractivity contribution >= 4 is 44.9 Å². The van der Waals surface area contributed by atoms with Crippen molar-refractivity contribution in [2.75, 3.05) is 0 Å². The molecule has 0 spiro atoms. The fourth-order valence-corrected chi connectivity index (χ4v) is 4.23. The molecule has 0 saturated heterocycles. The predicted molar refractivity (Wildman–Crippen MR) is 141 cm³/mol. The van der Waals surface area contributed by atoms with Crippen LogP contribution < -0.4 is 10.2 Å². The largest absolute Gasteiger partial charge is 0.457 e. The summed E-state index contributed by atoms with van der Waals surface area (Å²) in [5.41, 5.74) is 7.14.